The van der Waals surface area contributed by atoms with Crippen LogP contribution in [0.2, 0.25) is 30.1 Å². The Kier molecular flexibility index (Phi) is 43.8. The van der Waals surface area contributed by atoms with Crippen molar-refractivity contribution in [3.8, 4) is 0 Å². The van der Waals surface area contributed by atoms with Crippen molar-refractivity contribution in [2.75, 3.05) is 18.4 Å². The SMILES string of the molecule is C.C.C.ClCc1ccccc1Cl.Clc1ccccc1CC1(C2(Cl)CC2)CO1.O=C(CCl)C1(Cl)CC1.OC(CCl)(Cc1ccccc1Cl)C1(Cl)CC1.OC(Cc1ccccc1Cl)(Cn1[nH]cnc1=S)C1(Cl)CC1.OC(Cc1ccccc1Cl)(Cn1cncn1)C1(Cl)CC1.[CH2-]c1ccccc1Cl.[Cl-].[H-].[H-].[Mg+2].[Mg+2].c1nc[nH]n1. The normalized spacial score (nSPS) is 18.4. The number of carbonyl (C=O) groups is 1. The van der Waals surface area contributed by atoms with E-state index in [1.165, 1.54) is 25.3 Å². The number of hydrogen-bond acceptors (Lipinski definition) is 11. The van der Waals surface area contributed by atoms with Gasteiger partial charge in [-0.15, -0.1) is 105 Å². The monoisotopic (exact) mass is 1810 g/mol. The van der Waals surface area contributed by atoms with Crippen LogP contribution < -0.4 is 12.4 Å². The van der Waals surface area contributed by atoms with Crippen molar-refractivity contribution in [3.63, 3.8) is 0 Å². The first-order chi connectivity index (χ1) is 48.5. The molecule has 1 saturated heterocycles. The number of hydrogen-bond donors (Lipinski definition) is 5. The molecule has 0 spiro atoms. The number of aromatic nitrogens is 9. The van der Waals surface area contributed by atoms with Gasteiger partial charge in [-0.3, -0.25) is 19.7 Å². The topological polar surface area (TPSA) is 196 Å². The molecule has 6 fully saturated rings. The molecule has 4 atom stereocenters. The maximum Gasteiger partial charge on any atom is 2.00 e. The summed E-state index contributed by atoms with van der Waals surface area (Å²) in [4.78, 5) is 19.6. The van der Waals surface area contributed by atoms with Crippen LogP contribution in [0.5, 0.6) is 0 Å². The number of carbonyl (C=O) groups excluding carboxylic acids is 1. The van der Waals surface area contributed by atoms with Crippen LogP contribution in [0.1, 0.15) is 123 Å². The zero-order valence-electron chi connectivity index (χ0n) is 58.9. The van der Waals surface area contributed by atoms with Crippen LogP contribution in [-0.2, 0) is 54.2 Å². The Balaban J connectivity index is 0.00000126. The van der Waals surface area contributed by atoms with Crippen molar-refractivity contribution in [2.45, 2.75) is 178 Å². The van der Waals surface area contributed by atoms with Crippen LogP contribution in [0.3, 0.4) is 0 Å². The maximum absolute atomic E-state index is 11.2. The Bertz CT molecular complexity index is 4170. The van der Waals surface area contributed by atoms with E-state index in [2.05, 4.69) is 42.3 Å². The molecule has 4 unspecified atom stereocenters. The van der Waals surface area contributed by atoms with Gasteiger partial charge in [-0.05, 0) is 135 Å². The standard InChI is InChI=1S/C14H15Cl2N3OS.C14H15Cl2N3O.C12H13Cl3O.C12H12Cl2O.C7H6Cl2.C7H6Cl.C5H6Cl2O.C2H3N3.3CH4.ClH.2Mg.2H/c15-11-4-2-1-3-10(11)7-14(20,13(16)5-6-13)8-19-12(21)17-9-18-19;15-12-4-2-1-3-11(12)7-14(20,13(16)5-6-13)8-19-10-17-9-18-19;13-8-12(16,11(15)5-6-11)7-9-3-1-2-4-10(9)14;13-10-4-2-1-3-9(10)7-12(8-15-12)11(14)5-6-11;8-5-6-3-1-2-4-7(6)9;1-6-4-2-3-5-7(6)8;6-3-4(8)5(7)1-2-5;1-3-2-5-4-1;;;;;;;;/h1-4,9,20H,5-8H2,(H,17,18,21);1-4,9-10,20H,5-8H2;1-4,16H,5-8H2;1-4H,5-8H2;1-4H,5H2;2-5H,1H2;1-3H2;1-2H,(H,3,4,5);3*1H4;1H;;;;/q;;;;;-1;;;;;;;2*+2;2*-1/p-1. The van der Waals surface area contributed by atoms with E-state index in [1.54, 1.807) is 21.8 Å². The van der Waals surface area contributed by atoms with E-state index in [1.807, 2.05) is 140 Å². The molecule has 108 heavy (non-hydrogen) atoms. The van der Waals surface area contributed by atoms with E-state index >= 15 is 0 Å². The molecule has 5 saturated carbocycles. The molecule has 9 aromatic rings. The van der Waals surface area contributed by atoms with Crippen LogP contribution in [0, 0.1) is 11.7 Å². The van der Waals surface area contributed by atoms with Gasteiger partial charge >= 0.3 is 46.1 Å². The third kappa shape index (κ3) is 29.1. The third-order valence-electron chi connectivity index (χ3n) is 18.2. The first-order valence-corrected chi connectivity index (χ1v) is 38.5. The number of rotatable bonds is 20. The summed E-state index contributed by atoms with van der Waals surface area (Å²) in [6, 6.07) is 45.4. The van der Waals surface area contributed by atoms with E-state index in [-0.39, 0.29) is 118 Å². The van der Waals surface area contributed by atoms with Gasteiger partial charge in [0.1, 0.15) is 58.9 Å². The molecule has 5 aliphatic carbocycles. The van der Waals surface area contributed by atoms with Gasteiger partial charge in [0.25, 0.3) is 0 Å². The number of aromatic amines is 2. The number of ketones is 1. The minimum absolute atomic E-state index is 0. The molecule has 4 heterocycles. The second kappa shape index (κ2) is 46.2. The number of halogens is 15. The zero-order valence-corrected chi connectivity index (χ0v) is 71.9. The van der Waals surface area contributed by atoms with Gasteiger partial charge in [-0.25, -0.2) is 19.6 Å². The Labute approximate surface area is 752 Å². The fourth-order valence-electron chi connectivity index (χ4n) is 10.8. The molecule has 32 heteroatoms. The average Bonchev–Trinajstić information content (AvgIpc) is 1.55. The van der Waals surface area contributed by atoms with Crippen LogP contribution >= 0.6 is 175 Å². The Morgan fingerprint density at radius 2 is 0.944 bits per heavy atom. The molecule has 1 aliphatic heterocycles. The molecule has 0 radical (unpaired) electrons. The number of epoxide rings is 1. The van der Waals surface area contributed by atoms with Crippen LogP contribution in [0.15, 0.2) is 177 Å². The molecule has 5 N–H and O–H groups in total. The first kappa shape index (κ1) is 102. The van der Waals surface area contributed by atoms with E-state index in [0.29, 0.717) is 51.5 Å². The van der Waals surface area contributed by atoms with E-state index in [0.717, 1.165) is 126 Å². The molecule has 6 aliphatic rings. The van der Waals surface area contributed by atoms with E-state index in [9.17, 15) is 20.1 Å². The van der Waals surface area contributed by atoms with Gasteiger partial charge in [0.15, 0.2) is 5.78 Å². The molecule has 0 bridgehead atoms. The number of Topliss-reactive ketones (excluding diaryl/α,β-unsaturated/α-hetero) is 1. The number of H-pyrrole nitrogens is 2. The number of alkyl halides is 8. The van der Waals surface area contributed by atoms with Crippen molar-refractivity contribution < 1.29 is 40.1 Å². The summed E-state index contributed by atoms with van der Waals surface area (Å²) in [6.07, 6.45) is 18.0. The summed E-state index contributed by atoms with van der Waals surface area (Å²) in [5, 5.41) is 49.9. The molecule has 6 aromatic carbocycles. The second-order valence-corrected chi connectivity index (χ2v) is 33.0. The van der Waals surface area contributed by atoms with Gasteiger partial charge in [-0.2, -0.15) is 40.4 Å². The van der Waals surface area contributed by atoms with Gasteiger partial charge in [-0.1, -0.05) is 182 Å². The van der Waals surface area contributed by atoms with Crippen molar-refractivity contribution >= 4 is 227 Å². The molecule has 0 amide bonds. The summed E-state index contributed by atoms with van der Waals surface area (Å²) < 4.78 is 9.23. The van der Waals surface area contributed by atoms with Crippen molar-refractivity contribution in [1.82, 2.24) is 44.7 Å². The molecular formula is C76H90Cl15Mg2N9O5S. The second-order valence-electron chi connectivity index (χ2n) is 25.8. The van der Waals surface area contributed by atoms with Gasteiger partial charge in [0.05, 0.1) is 51.0 Å². The van der Waals surface area contributed by atoms with Crippen LogP contribution in [0.4, 0.5) is 0 Å². The molecule has 15 rings (SSSR count). The number of aliphatic hydroxyl groups is 3. The number of benzene rings is 6. The predicted molar refractivity (Wildman–Crippen MR) is 454 cm³/mol. The summed E-state index contributed by atoms with van der Waals surface area (Å²) in [7, 11) is 0. The molecule has 14 nitrogen and oxygen atoms in total. The summed E-state index contributed by atoms with van der Waals surface area (Å²) in [5.41, 5.74) is 2.25. The van der Waals surface area contributed by atoms with Crippen LogP contribution in [0.25, 0.3) is 0 Å². The van der Waals surface area contributed by atoms with Crippen LogP contribution in [-0.4, -0.2) is 177 Å². The predicted octanol–water partition coefficient (Wildman–Crippen LogP) is 18.4. The average molecular weight is 1820 g/mol. The largest absolute Gasteiger partial charge is 2.00 e. The zero-order chi connectivity index (χ0) is 74.0. The Hall–Kier alpha value is -1.78. The fourth-order valence-corrected chi connectivity index (χ4v) is 14.2. The summed E-state index contributed by atoms with van der Waals surface area (Å²) in [5.74, 6) is 0.645. The van der Waals surface area contributed by atoms with Crippen molar-refractivity contribution in [1.29, 1.82) is 0 Å². The number of ether oxygens (including phenoxy) is 1. The number of nitrogens with zero attached hydrogens (tertiary/aromatic N) is 7. The third-order valence-corrected chi connectivity index (χ3v) is 25.2. The Morgan fingerprint density at radius 3 is 1.22 bits per heavy atom. The van der Waals surface area contributed by atoms with Crippen molar-refractivity contribution in [2.24, 2.45) is 0 Å². The summed E-state index contributed by atoms with van der Waals surface area (Å²) >= 11 is 89.2. The van der Waals surface area contributed by atoms with Gasteiger partial charge in [0, 0.05) is 56.7 Å². The number of nitrogens with one attached hydrogen (secondary N) is 2. The maximum atomic E-state index is 11.2. The molecule has 3 aromatic heterocycles. The Morgan fingerprint density at radius 1 is 0.546 bits per heavy atom. The molecular weight excluding hydrogens is 1730 g/mol. The van der Waals surface area contributed by atoms with E-state index < -0.39 is 36.3 Å². The minimum atomic E-state index is -1.13. The molecule has 584 valence electrons. The quantitative estimate of drug-likeness (QED) is 0.0160. The first-order valence-electron chi connectivity index (χ1n) is 32.4. The fraction of sp³-hybridized carbons (Fsp3) is 0.421. The minimum Gasteiger partial charge on any atom is -1.00 e. The van der Waals surface area contributed by atoms with Crippen molar-refractivity contribution in [3.05, 3.63) is 252 Å². The van der Waals surface area contributed by atoms with Gasteiger partial charge < -0.3 is 35.3 Å². The van der Waals surface area contributed by atoms with Gasteiger partial charge in [0.2, 0.25) is 4.77 Å². The van der Waals surface area contributed by atoms with E-state index in [4.69, 9.17) is 179 Å². The smallest absolute Gasteiger partial charge is 1.00 e. The summed E-state index contributed by atoms with van der Waals surface area (Å²) in [6.45, 7) is 5.04.